The molecule has 2 heterocycles. The van der Waals surface area contributed by atoms with Crippen molar-refractivity contribution in [3.63, 3.8) is 0 Å². The van der Waals surface area contributed by atoms with Crippen molar-refractivity contribution >= 4 is 5.97 Å². The molecular weight excluding hydrogens is 260 g/mol. The Bertz CT molecular complexity index is 448. The molecule has 1 aliphatic carbocycles. The van der Waals surface area contributed by atoms with Gasteiger partial charge in [0.15, 0.2) is 12.6 Å². The number of aliphatic hydroxyl groups excluding tert-OH is 2. The summed E-state index contributed by atoms with van der Waals surface area (Å²) in [6.45, 7) is 7.91. The summed E-state index contributed by atoms with van der Waals surface area (Å²) >= 11 is 0. The molecular formula is C15H22O5. The van der Waals surface area contributed by atoms with Gasteiger partial charge in [-0.05, 0) is 24.7 Å². The Morgan fingerprint density at radius 3 is 2.75 bits per heavy atom. The van der Waals surface area contributed by atoms with Crippen LogP contribution < -0.4 is 0 Å². The molecule has 2 saturated heterocycles. The zero-order valence-electron chi connectivity index (χ0n) is 11.9. The van der Waals surface area contributed by atoms with E-state index in [1.165, 1.54) is 0 Å². The van der Waals surface area contributed by atoms with Crippen LogP contribution in [-0.4, -0.2) is 34.9 Å². The van der Waals surface area contributed by atoms with Crippen molar-refractivity contribution in [3.8, 4) is 0 Å². The maximum atomic E-state index is 11.7. The molecule has 2 N–H and O–H groups in total. The molecule has 20 heavy (non-hydrogen) atoms. The lowest BCUT2D eigenvalue weighted by molar-refractivity contribution is -0.304. The van der Waals surface area contributed by atoms with Gasteiger partial charge in [0.25, 0.3) is 0 Å². The van der Waals surface area contributed by atoms with E-state index in [0.29, 0.717) is 18.4 Å². The quantitative estimate of drug-likeness (QED) is 0.515. The summed E-state index contributed by atoms with van der Waals surface area (Å²) < 4.78 is 10.6. The molecule has 0 radical (unpaired) electrons. The Morgan fingerprint density at radius 1 is 1.35 bits per heavy atom. The van der Waals surface area contributed by atoms with E-state index >= 15 is 0 Å². The average molecular weight is 282 g/mol. The Morgan fingerprint density at radius 2 is 2.05 bits per heavy atom. The van der Waals surface area contributed by atoms with Gasteiger partial charge in [-0.15, -0.1) is 0 Å². The highest BCUT2D eigenvalue weighted by atomic mass is 16.7. The molecule has 0 aromatic carbocycles. The predicted molar refractivity (Wildman–Crippen MR) is 70.2 cm³/mol. The highest BCUT2D eigenvalue weighted by Crippen LogP contribution is 2.54. The monoisotopic (exact) mass is 282 g/mol. The lowest BCUT2D eigenvalue weighted by atomic mass is 9.65. The molecule has 0 unspecified atom stereocenters. The zero-order valence-corrected chi connectivity index (χ0v) is 11.9. The number of carbonyl (C=O) groups is 1. The molecule has 0 amide bonds. The summed E-state index contributed by atoms with van der Waals surface area (Å²) in [5.74, 6) is -0.00537. The van der Waals surface area contributed by atoms with Gasteiger partial charge in [0.05, 0.1) is 0 Å². The first-order valence-corrected chi connectivity index (χ1v) is 7.24. The van der Waals surface area contributed by atoms with E-state index in [1.54, 1.807) is 0 Å². The SMILES string of the molecule is C=C1C(=O)O[C@@H]2C[C@@H](C)[C@@H]3C[C@@H](O)O[C@H](O)[C@@]3(C)C[C@H]12. The first-order valence-electron chi connectivity index (χ1n) is 7.24. The van der Waals surface area contributed by atoms with E-state index in [1.807, 2.05) is 6.92 Å². The third-order valence-electron chi connectivity index (χ3n) is 5.52. The van der Waals surface area contributed by atoms with Gasteiger partial charge in [0, 0.05) is 23.3 Å². The summed E-state index contributed by atoms with van der Waals surface area (Å²) in [5, 5.41) is 20.1. The Kier molecular flexibility index (Phi) is 3.19. The maximum absolute atomic E-state index is 11.7. The summed E-state index contributed by atoms with van der Waals surface area (Å²) in [7, 11) is 0. The van der Waals surface area contributed by atoms with Crippen molar-refractivity contribution < 1.29 is 24.5 Å². The normalized spacial score (nSPS) is 52.0. The lowest BCUT2D eigenvalue weighted by Crippen LogP contribution is -2.51. The largest absolute Gasteiger partial charge is 0.458 e. The van der Waals surface area contributed by atoms with Gasteiger partial charge in [0.1, 0.15) is 6.10 Å². The van der Waals surface area contributed by atoms with Crippen molar-refractivity contribution in [2.24, 2.45) is 23.2 Å². The third kappa shape index (κ3) is 1.91. The van der Waals surface area contributed by atoms with Crippen LogP contribution in [-0.2, 0) is 14.3 Å². The molecule has 5 heteroatoms. The van der Waals surface area contributed by atoms with Crippen LogP contribution in [0.4, 0.5) is 0 Å². The van der Waals surface area contributed by atoms with E-state index in [4.69, 9.17) is 9.47 Å². The first-order chi connectivity index (χ1) is 9.33. The summed E-state index contributed by atoms with van der Waals surface area (Å²) in [6, 6.07) is 0. The van der Waals surface area contributed by atoms with Gasteiger partial charge in [0.2, 0.25) is 0 Å². The Labute approximate surface area is 118 Å². The number of carbonyl (C=O) groups excluding carboxylic acids is 1. The van der Waals surface area contributed by atoms with Crippen LogP contribution in [0.3, 0.4) is 0 Å². The smallest absolute Gasteiger partial charge is 0.334 e. The number of aliphatic hydroxyl groups is 2. The molecule has 0 aromatic heterocycles. The fourth-order valence-corrected chi connectivity index (χ4v) is 4.31. The van der Waals surface area contributed by atoms with Gasteiger partial charge in [-0.2, -0.15) is 0 Å². The van der Waals surface area contributed by atoms with Gasteiger partial charge in [-0.3, -0.25) is 0 Å². The molecule has 1 saturated carbocycles. The summed E-state index contributed by atoms with van der Waals surface area (Å²) in [4.78, 5) is 11.7. The molecule has 3 rings (SSSR count). The van der Waals surface area contributed by atoms with Gasteiger partial charge < -0.3 is 19.7 Å². The number of hydrogen-bond donors (Lipinski definition) is 2. The van der Waals surface area contributed by atoms with Gasteiger partial charge in [-0.25, -0.2) is 4.79 Å². The number of rotatable bonds is 0. The molecule has 3 aliphatic rings. The first kappa shape index (κ1) is 14.0. The van der Waals surface area contributed by atoms with Crippen molar-refractivity contribution in [1.29, 1.82) is 0 Å². The van der Waals surface area contributed by atoms with Crippen LogP contribution in [0.2, 0.25) is 0 Å². The molecule has 2 aliphatic heterocycles. The molecule has 5 nitrogen and oxygen atoms in total. The van der Waals surface area contributed by atoms with Crippen LogP contribution in [0.15, 0.2) is 12.2 Å². The zero-order chi connectivity index (χ0) is 14.7. The Balaban J connectivity index is 1.96. The molecule has 3 fully saturated rings. The van der Waals surface area contributed by atoms with E-state index in [9.17, 15) is 15.0 Å². The van der Waals surface area contributed by atoms with E-state index < -0.39 is 18.0 Å². The molecule has 112 valence electrons. The molecule has 7 atom stereocenters. The van der Waals surface area contributed by atoms with E-state index in [-0.39, 0.29) is 29.8 Å². The Hall–Kier alpha value is -0.910. The highest BCUT2D eigenvalue weighted by Gasteiger charge is 2.56. The molecule has 0 bridgehead atoms. The van der Waals surface area contributed by atoms with Gasteiger partial charge >= 0.3 is 5.97 Å². The number of esters is 1. The summed E-state index contributed by atoms with van der Waals surface area (Å²) in [5.41, 5.74) is 0.0111. The topological polar surface area (TPSA) is 76.0 Å². The second-order valence-electron chi connectivity index (χ2n) is 6.78. The van der Waals surface area contributed by atoms with Crippen LogP contribution in [0.5, 0.6) is 0 Å². The third-order valence-corrected chi connectivity index (χ3v) is 5.52. The van der Waals surface area contributed by atoms with Crippen molar-refractivity contribution in [1.82, 2.24) is 0 Å². The average Bonchev–Trinajstić information content (AvgIpc) is 2.55. The van der Waals surface area contributed by atoms with Crippen LogP contribution >= 0.6 is 0 Å². The molecule has 0 aromatic rings. The highest BCUT2D eigenvalue weighted by molar-refractivity contribution is 5.90. The minimum absolute atomic E-state index is 0.0616. The number of hydrogen-bond acceptors (Lipinski definition) is 5. The van der Waals surface area contributed by atoms with Crippen molar-refractivity contribution in [3.05, 3.63) is 12.2 Å². The lowest BCUT2D eigenvalue weighted by Gasteiger charge is -2.48. The summed E-state index contributed by atoms with van der Waals surface area (Å²) in [6.07, 6.45) is -0.249. The van der Waals surface area contributed by atoms with Crippen LogP contribution in [0, 0.1) is 23.2 Å². The second kappa shape index (κ2) is 4.55. The fourth-order valence-electron chi connectivity index (χ4n) is 4.31. The fraction of sp³-hybridized carbons (Fsp3) is 0.800. The maximum Gasteiger partial charge on any atom is 0.334 e. The minimum Gasteiger partial charge on any atom is -0.458 e. The number of fused-ring (bicyclic) bond motifs is 2. The van der Waals surface area contributed by atoms with Crippen LogP contribution in [0.25, 0.3) is 0 Å². The number of ether oxygens (including phenoxy) is 2. The second-order valence-corrected chi connectivity index (χ2v) is 6.78. The van der Waals surface area contributed by atoms with E-state index in [2.05, 4.69) is 13.5 Å². The van der Waals surface area contributed by atoms with Crippen LogP contribution in [0.1, 0.15) is 33.1 Å². The van der Waals surface area contributed by atoms with Crippen molar-refractivity contribution in [2.75, 3.05) is 0 Å². The minimum atomic E-state index is -1.03. The predicted octanol–water partition coefficient (Wildman–Crippen LogP) is 1.19. The van der Waals surface area contributed by atoms with Crippen molar-refractivity contribution in [2.45, 2.75) is 51.8 Å². The van der Waals surface area contributed by atoms with E-state index in [0.717, 1.165) is 6.42 Å². The standard InChI is InChI=1S/C15H22O5/c1-7-4-11-9(8(2)13(17)19-11)6-15(3)10(7)5-12(16)20-14(15)18/h7,9-12,14,16,18H,2,4-6H2,1,3H3/t7-,9-,10+,11-,12+,14+,15+/m1/s1. The molecule has 0 spiro atoms. The van der Waals surface area contributed by atoms with Gasteiger partial charge in [-0.1, -0.05) is 20.4 Å².